The predicted molar refractivity (Wildman–Crippen MR) is 82.0 cm³/mol. The van der Waals surface area contributed by atoms with Crippen LogP contribution in [0.15, 0.2) is 36.5 Å². The van der Waals surface area contributed by atoms with Gasteiger partial charge in [-0.2, -0.15) is 5.10 Å². The van der Waals surface area contributed by atoms with E-state index in [2.05, 4.69) is 10.00 Å². The summed E-state index contributed by atoms with van der Waals surface area (Å²) < 4.78 is 37.8. The summed E-state index contributed by atoms with van der Waals surface area (Å²) in [4.78, 5) is 2.12. The maximum Gasteiger partial charge on any atom is 0.153 e. The summed E-state index contributed by atoms with van der Waals surface area (Å²) in [5.74, 6) is 0.126. The summed E-state index contributed by atoms with van der Waals surface area (Å²) in [5, 5.41) is 4.48. The van der Waals surface area contributed by atoms with Crippen LogP contribution in [0.25, 0.3) is 5.69 Å². The van der Waals surface area contributed by atoms with Crippen LogP contribution in [0, 0.1) is 5.82 Å². The highest BCUT2D eigenvalue weighted by Crippen LogP contribution is 2.15. The molecule has 1 aromatic carbocycles. The SMILES string of the molecule is C[C@H]1CS(=O)(=O)CCN1Cc1ccn(-c2ccc(F)cc2)n1. The summed E-state index contributed by atoms with van der Waals surface area (Å²) in [6.45, 7) is 3.07. The maximum atomic E-state index is 12.9. The molecular weight excluding hydrogens is 305 g/mol. The molecule has 5 nitrogen and oxygen atoms in total. The van der Waals surface area contributed by atoms with E-state index in [4.69, 9.17) is 0 Å². The molecule has 22 heavy (non-hydrogen) atoms. The molecule has 0 saturated carbocycles. The second-order valence-electron chi connectivity index (χ2n) is 5.66. The Morgan fingerprint density at radius 1 is 1.27 bits per heavy atom. The average molecular weight is 323 g/mol. The molecule has 0 spiro atoms. The molecule has 1 atom stereocenters. The minimum absolute atomic E-state index is 0.00489. The van der Waals surface area contributed by atoms with E-state index in [1.807, 2.05) is 19.2 Å². The first kappa shape index (κ1) is 15.2. The van der Waals surface area contributed by atoms with Crippen LogP contribution < -0.4 is 0 Å². The highest BCUT2D eigenvalue weighted by atomic mass is 32.2. The van der Waals surface area contributed by atoms with Crippen molar-refractivity contribution in [2.24, 2.45) is 0 Å². The van der Waals surface area contributed by atoms with Crippen LogP contribution in [0.2, 0.25) is 0 Å². The second-order valence-corrected chi connectivity index (χ2v) is 7.89. The van der Waals surface area contributed by atoms with Crippen molar-refractivity contribution in [3.8, 4) is 5.69 Å². The first-order chi connectivity index (χ1) is 10.4. The Hall–Kier alpha value is -1.73. The number of nitrogens with zero attached hydrogens (tertiary/aromatic N) is 3. The van der Waals surface area contributed by atoms with E-state index >= 15 is 0 Å². The summed E-state index contributed by atoms with van der Waals surface area (Å²) >= 11 is 0. The third kappa shape index (κ3) is 3.36. The molecule has 118 valence electrons. The lowest BCUT2D eigenvalue weighted by atomic mass is 10.3. The fourth-order valence-electron chi connectivity index (χ4n) is 2.66. The second kappa shape index (κ2) is 5.81. The van der Waals surface area contributed by atoms with E-state index in [0.717, 1.165) is 11.4 Å². The molecule has 0 N–H and O–H groups in total. The van der Waals surface area contributed by atoms with Gasteiger partial charge in [0, 0.05) is 25.3 Å². The lowest BCUT2D eigenvalue weighted by Gasteiger charge is -2.32. The van der Waals surface area contributed by atoms with Crippen LogP contribution in [-0.2, 0) is 16.4 Å². The highest BCUT2D eigenvalue weighted by Gasteiger charge is 2.28. The van der Waals surface area contributed by atoms with Crippen molar-refractivity contribution in [1.82, 2.24) is 14.7 Å². The Morgan fingerprint density at radius 2 is 2.00 bits per heavy atom. The van der Waals surface area contributed by atoms with Crippen molar-refractivity contribution in [3.05, 3.63) is 48.0 Å². The monoisotopic (exact) mass is 323 g/mol. The Bertz CT molecular complexity index is 755. The molecule has 0 radical (unpaired) electrons. The van der Waals surface area contributed by atoms with Crippen LogP contribution >= 0.6 is 0 Å². The zero-order valence-electron chi connectivity index (χ0n) is 12.3. The van der Waals surface area contributed by atoms with Gasteiger partial charge in [-0.3, -0.25) is 4.90 Å². The van der Waals surface area contributed by atoms with Gasteiger partial charge in [-0.1, -0.05) is 0 Å². The van der Waals surface area contributed by atoms with Gasteiger partial charge < -0.3 is 0 Å². The first-order valence-corrected chi connectivity index (χ1v) is 9.00. The molecule has 0 amide bonds. The Morgan fingerprint density at radius 3 is 2.68 bits per heavy atom. The van der Waals surface area contributed by atoms with Gasteiger partial charge in [0.1, 0.15) is 5.82 Å². The number of benzene rings is 1. The van der Waals surface area contributed by atoms with Gasteiger partial charge in [-0.05, 0) is 37.3 Å². The minimum atomic E-state index is -2.90. The van der Waals surface area contributed by atoms with E-state index in [0.29, 0.717) is 13.1 Å². The lowest BCUT2D eigenvalue weighted by molar-refractivity contribution is 0.215. The fraction of sp³-hybridized carbons (Fsp3) is 0.400. The van der Waals surface area contributed by atoms with Gasteiger partial charge in [0.05, 0.1) is 22.9 Å². The molecule has 0 bridgehead atoms. The van der Waals surface area contributed by atoms with Crippen LogP contribution in [0.1, 0.15) is 12.6 Å². The summed E-state index contributed by atoms with van der Waals surface area (Å²) in [6.07, 6.45) is 1.83. The quantitative estimate of drug-likeness (QED) is 0.861. The smallest absolute Gasteiger partial charge is 0.153 e. The molecule has 1 aliphatic rings. The number of rotatable bonds is 3. The average Bonchev–Trinajstić information content (AvgIpc) is 2.91. The molecule has 0 aliphatic carbocycles. The van der Waals surface area contributed by atoms with Crippen LogP contribution in [0.4, 0.5) is 4.39 Å². The number of sulfone groups is 1. The van der Waals surface area contributed by atoms with Crippen LogP contribution in [-0.4, -0.2) is 47.2 Å². The van der Waals surface area contributed by atoms with E-state index in [1.54, 1.807) is 16.8 Å². The van der Waals surface area contributed by atoms with E-state index in [9.17, 15) is 12.8 Å². The van der Waals surface area contributed by atoms with Crippen LogP contribution in [0.3, 0.4) is 0 Å². The third-order valence-corrected chi connectivity index (χ3v) is 5.70. The zero-order valence-corrected chi connectivity index (χ0v) is 13.1. The van der Waals surface area contributed by atoms with Crippen molar-refractivity contribution < 1.29 is 12.8 Å². The van der Waals surface area contributed by atoms with E-state index in [1.165, 1.54) is 12.1 Å². The minimum Gasteiger partial charge on any atom is -0.293 e. The number of aromatic nitrogens is 2. The summed E-state index contributed by atoms with van der Waals surface area (Å²) in [7, 11) is -2.90. The largest absolute Gasteiger partial charge is 0.293 e. The zero-order chi connectivity index (χ0) is 15.7. The Kier molecular flexibility index (Phi) is 4.01. The number of halogens is 1. The number of hydrogen-bond donors (Lipinski definition) is 0. The summed E-state index contributed by atoms with van der Waals surface area (Å²) in [6, 6.07) is 8.03. The molecule has 1 fully saturated rings. The van der Waals surface area contributed by atoms with Crippen molar-refractivity contribution in [3.63, 3.8) is 0 Å². The van der Waals surface area contributed by atoms with Gasteiger partial charge in [-0.25, -0.2) is 17.5 Å². The molecular formula is C15H18FN3O2S. The summed E-state index contributed by atoms with van der Waals surface area (Å²) in [5.41, 5.74) is 1.66. The van der Waals surface area contributed by atoms with Gasteiger partial charge in [0.25, 0.3) is 0 Å². The normalized spacial score (nSPS) is 21.8. The van der Waals surface area contributed by atoms with E-state index in [-0.39, 0.29) is 23.4 Å². The molecule has 3 rings (SSSR count). The third-order valence-electron chi connectivity index (χ3n) is 3.91. The molecule has 2 aromatic rings. The predicted octanol–water partition coefficient (Wildman–Crippen LogP) is 1.63. The van der Waals surface area contributed by atoms with Gasteiger partial charge >= 0.3 is 0 Å². The van der Waals surface area contributed by atoms with Crippen molar-refractivity contribution in [2.45, 2.75) is 19.5 Å². The van der Waals surface area contributed by atoms with Gasteiger partial charge in [0.2, 0.25) is 0 Å². The molecule has 2 heterocycles. The number of hydrogen-bond acceptors (Lipinski definition) is 4. The lowest BCUT2D eigenvalue weighted by Crippen LogP contribution is -2.46. The highest BCUT2D eigenvalue weighted by molar-refractivity contribution is 7.91. The molecule has 1 aliphatic heterocycles. The fourth-order valence-corrected chi connectivity index (χ4v) is 4.28. The van der Waals surface area contributed by atoms with Gasteiger partial charge in [0.15, 0.2) is 9.84 Å². The maximum absolute atomic E-state index is 12.9. The molecule has 7 heteroatoms. The topological polar surface area (TPSA) is 55.2 Å². The molecule has 1 saturated heterocycles. The Labute approximate surface area is 129 Å². The van der Waals surface area contributed by atoms with Crippen molar-refractivity contribution >= 4 is 9.84 Å². The Balaban J connectivity index is 1.71. The standard InChI is InChI=1S/C15H18FN3O2S/c1-12-11-22(20,21)9-8-18(12)10-14-6-7-19(17-14)15-4-2-13(16)3-5-15/h2-7,12H,8-11H2,1H3/t12-/m0/s1. The van der Waals surface area contributed by atoms with Crippen molar-refractivity contribution in [2.75, 3.05) is 18.1 Å². The van der Waals surface area contributed by atoms with E-state index < -0.39 is 9.84 Å². The van der Waals surface area contributed by atoms with Crippen LogP contribution in [0.5, 0.6) is 0 Å². The van der Waals surface area contributed by atoms with Gasteiger partial charge in [-0.15, -0.1) is 0 Å². The molecule has 1 aromatic heterocycles. The first-order valence-electron chi connectivity index (χ1n) is 7.18. The molecule has 0 unspecified atom stereocenters. The van der Waals surface area contributed by atoms with Crippen molar-refractivity contribution in [1.29, 1.82) is 0 Å².